The van der Waals surface area contributed by atoms with E-state index < -0.39 is 6.10 Å². The van der Waals surface area contributed by atoms with Gasteiger partial charge in [-0.05, 0) is 26.0 Å². The molecule has 0 saturated carbocycles. The molecule has 1 atom stereocenters. The minimum atomic E-state index is -0.509. The van der Waals surface area contributed by atoms with Crippen molar-refractivity contribution in [2.24, 2.45) is 0 Å². The van der Waals surface area contributed by atoms with Gasteiger partial charge in [-0.25, -0.2) is 0 Å². The third-order valence-corrected chi connectivity index (χ3v) is 2.15. The van der Waals surface area contributed by atoms with Crippen LogP contribution in [0.5, 0.6) is 0 Å². The summed E-state index contributed by atoms with van der Waals surface area (Å²) >= 11 is 0. The summed E-state index contributed by atoms with van der Waals surface area (Å²) in [6, 6.07) is 3.80. The van der Waals surface area contributed by atoms with E-state index >= 15 is 0 Å². The minimum Gasteiger partial charge on any atom is -0.387 e. The highest BCUT2D eigenvalue weighted by atomic mass is 16.3. The quantitative estimate of drug-likeness (QED) is 0.767. The zero-order chi connectivity index (χ0) is 11.4. The summed E-state index contributed by atoms with van der Waals surface area (Å²) in [5.41, 5.74) is 2.84. The maximum atomic E-state index is 9.31. The molecule has 0 spiro atoms. The Morgan fingerprint density at radius 3 is 2.67 bits per heavy atom. The molecule has 3 heteroatoms. The summed E-state index contributed by atoms with van der Waals surface area (Å²) in [7, 11) is 1.99. The van der Waals surface area contributed by atoms with Crippen LogP contribution in [0.25, 0.3) is 0 Å². The van der Waals surface area contributed by atoms with Crippen molar-refractivity contribution in [3.8, 4) is 0 Å². The van der Waals surface area contributed by atoms with Crippen molar-refractivity contribution in [2.75, 3.05) is 18.5 Å². The number of aliphatic hydroxyl groups excluding tert-OH is 1. The summed E-state index contributed by atoms with van der Waals surface area (Å²) in [6.45, 7) is 8.38. The molecule has 1 aromatic heterocycles. The van der Waals surface area contributed by atoms with Gasteiger partial charge in [0.15, 0.2) is 0 Å². The molecule has 15 heavy (non-hydrogen) atoms. The molecular formula is C12H18N2O. The Morgan fingerprint density at radius 2 is 2.27 bits per heavy atom. The van der Waals surface area contributed by atoms with E-state index in [9.17, 15) is 5.11 Å². The molecule has 0 unspecified atom stereocenters. The molecular weight excluding hydrogens is 188 g/mol. The number of aliphatic hydroxyl groups is 1. The van der Waals surface area contributed by atoms with Crippen molar-refractivity contribution in [2.45, 2.75) is 20.0 Å². The van der Waals surface area contributed by atoms with Gasteiger partial charge in [-0.15, -0.1) is 0 Å². The van der Waals surface area contributed by atoms with E-state index in [1.165, 1.54) is 0 Å². The molecule has 0 saturated heterocycles. The second kappa shape index (κ2) is 4.94. The fourth-order valence-corrected chi connectivity index (χ4v) is 1.37. The normalized spacial score (nSPS) is 12.3. The Hall–Kier alpha value is -1.35. The number of aromatic nitrogens is 1. The van der Waals surface area contributed by atoms with Gasteiger partial charge in [0.25, 0.3) is 0 Å². The molecule has 0 radical (unpaired) electrons. The molecule has 0 bridgehead atoms. The highest BCUT2D eigenvalue weighted by molar-refractivity contribution is 5.44. The standard InChI is InChI=1S/C12H18N2O/c1-9(2)8-14(4)11-5-6-12(10(3)15)13-7-11/h5-7,10,15H,1,8H2,2-4H3/t10-/m1/s1. The highest BCUT2D eigenvalue weighted by Gasteiger charge is 2.04. The topological polar surface area (TPSA) is 36.4 Å². The van der Waals surface area contributed by atoms with E-state index in [0.29, 0.717) is 5.69 Å². The molecule has 0 fully saturated rings. The first kappa shape index (κ1) is 11.7. The SMILES string of the molecule is C=C(C)CN(C)c1ccc([C@@H](C)O)nc1. The lowest BCUT2D eigenvalue weighted by Gasteiger charge is -2.19. The predicted octanol–water partition coefficient (Wildman–Crippen LogP) is 2.15. The van der Waals surface area contributed by atoms with E-state index in [1.807, 2.05) is 26.1 Å². The minimum absolute atomic E-state index is 0.509. The van der Waals surface area contributed by atoms with Crippen LogP contribution >= 0.6 is 0 Å². The first-order valence-electron chi connectivity index (χ1n) is 5.00. The maximum absolute atomic E-state index is 9.31. The van der Waals surface area contributed by atoms with Gasteiger partial charge in [0, 0.05) is 13.6 Å². The zero-order valence-electron chi connectivity index (χ0n) is 9.57. The Kier molecular flexibility index (Phi) is 3.86. The Balaban J connectivity index is 2.75. The van der Waals surface area contributed by atoms with Gasteiger partial charge < -0.3 is 10.0 Å². The van der Waals surface area contributed by atoms with Crippen LogP contribution in [0.15, 0.2) is 30.5 Å². The number of likely N-dealkylation sites (N-methyl/N-ethyl adjacent to an activating group) is 1. The molecule has 0 amide bonds. The van der Waals surface area contributed by atoms with E-state index in [4.69, 9.17) is 0 Å². The van der Waals surface area contributed by atoms with Crippen LogP contribution in [-0.2, 0) is 0 Å². The average molecular weight is 206 g/mol. The van der Waals surface area contributed by atoms with Crippen molar-refractivity contribution < 1.29 is 5.11 Å². The summed E-state index contributed by atoms with van der Waals surface area (Å²) in [5.74, 6) is 0. The number of hydrogen-bond acceptors (Lipinski definition) is 3. The second-order valence-electron chi connectivity index (χ2n) is 3.93. The molecule has 3 nitrogen and oxygen atoms in total. The van der Waals surface area contributed by atoms with Crippen LogP contribution in [0.2, 0.25) is 0 Å². The van der Waals surface area contributed by atoms with Crippen LogP contribution in [0.4, 0.5) is 5.69 Å². The lowest BCUT2D eigenvalue weighted by atomic mass is 10.2. The van der Waals surface area contributed by atoms with Crippen molar-refractivity contribution in [3.05, 3.63) is 36.2 Å². The number of nitrogens with zero attached hydrogens (tertiary/aromatic N) is 2. The van der Waals surface area contributed by atoms with E-state index in [1.54, 1.807) is 13.1 Å². The van der Waals surface area contributed by atoms with Crippen LogP contribution in [0, 0.1) is 0 Å². The number of pyridine rings is 1. The van der Waals surface area contributed by atoms with E-state index in [-0.39, 0.29) is 0 Å². The smallest absolute Gasteiger partial charge is 0.0931 e. The lowest BCUT2D eigenvalue weighted by Crippen LogP contribution is -2.19. The monoisotopic (exact) mass is 206 g/mol. The molecule has 1 rings (SSSR count). The molecule has 0 aliphatic rings. The van der Waals surface area contributed by atoms with Gasteiger partial charge in [0.05, 0.1) is 23.7 Å². The Morgan fingerprint density at radius 1 is 1.60 bits per heavy atom. The molecule has 0 aliphatic carbocycles. The van der Waals surface area contributed by atoms with Crippen molar-refractivity contribution in [1.82, 2.24) is 4.98 Å². The second-order valence-corrected chi connectivity index (χ2v) is 3.93. The Bertz CT molecular complexity index is 330. The van der Waals surface area contributed by atoms with E-state index in [2.05, 4.69) is 16.5 Å². The van der Waals surface area contributed by atoms with Crippen LogP contribution in [0.1, 0.15) is 25.6 Å². The van der Waals surface area contributed by atoms with Gasteiger partial charge in [-0.3, -0.25) is 4.98 Å². The fraction of sp³-hybridized carbons (Fsp3) is 0.417. The maximum Gasteiger partial charge on any atom is 0.0931 e. The molecule has 1 aromatic rings. The molecule has 82 valence electrons. The molecule has 1 heterocycles. The number of anilines is 1. The van der Waals surface area contributed by atoms with E-state index in [0.717, 1.165) is 17.8 Å². The van der Waals surface area contributed by atoms with Gasteiger partial charge in [-0.1, -0.05) is 12.2 Å². The molecule has 0 aromatic carbocycles. The van der Waals surface area contributed by atoms with Crippen molar-refractivity contribution in [3.63, 3.8) is 0 Å². The zero-order valence-corrected chi connectivity index (χ0v) is 9.57. The van der Waals surface area contributed by atoms with Crippen LogP contribution < -0.4 is 4.90 Å². The number of rotatable bonds is 4. The first-order chi connectivity index (χ1) is 7.00. The van der Waals surface area contributed by atoms with Crippen molar-refractivity contribution in [1.29, 1.82) is 0 Å². The van der Waals surface area contributed by atoms with Crippen LogP contribution in [0.3, 0.4) is 0 Å². The third-order valence-electron chi connectivity index (χ3n) is 2.15. The summed E-state index contributed by atoms with van der Waals surface area (Å²) < 4.78 is 0. The van der Waals surface area contributed by atoms with Gasteiger partial charge in [0.2, 0.25) is 0 Å². The van der Waals surface area contributed by atoms with Gasteiger partial charge in [-0.2, -0.15) is 0 Å². The summed E-state index contributed by atoms with van der Waals surface area (Å²) in [6.07, 6.45) is 1.26. The third kappa shape index (κ3) is 3.36. The predicted molar refractivity (Wildman–Crippen MR) is 63.0 cm³/mol. The van der Waals surface area contributed by atoms with Crippen molar-refractivity contribution >= 4 is 5.69 Å². The molecule has 0 aliphatic heterocycles. The van der Waals surface area contributed by atoms with Gasteiger partial charge in [0.1, 0.15) is 0 Å². The fourth-order valence-electron chi connectivity index (χ4n) is 1.37. The number of hydrogen-bond donors (Lipinski definition) is 1. The Labute approximate surface area is 91.1 Å². The largest absolute Gasteiger partial charge is 0.387 e. The summed E-state index contributed by atoms with van der Waals surface area (Å²) in [4.78, 5) is 6.26. The average Bonchev–Trinajstić information content (AvgIpc) is 2.17. The lowest BCUT2D eigenvalue weighted by molar-refractivity contribution is 0.194. The van der Waals surface area contributed by atoms with Gasteiger partial charge >= 0.3 is 0 Å². The highest BCUT2D eigenvalue weighted by Crippen LogP contribution is 2.15. The first-order valence-corrected chi connectivity index (χ1v) is 5.00. The summed E-state index contributed by atoms with van der Waals surface area (Å²) in [5, 5.41) is 9.31. The molecule has 1 N–H and O–H groups in total. The van der Waals surface area contributed by atoms with Crippen LogP contribution in [-0.4, -0.2) is 23.7 Å².